The van der Waals surface area contributed by atoms with Crippen LogP contribution in [0, 0.1) is 0 Å². The van der Waals surface area contributed by atoms with Gasteiger partial charge in [0.15, 0.2) is 0 Å². The summed E-state index contributed by atoms with van der Waals surface area (Å²) in [6, 6.07) is 7.97. The minimum absolute atomic E-state index is 0.146. The quantitative estimate of drug-likeness (QED) is 0.720. The molecule has 1 aliphatic rings. The number of piperidine rings is 1. The van der Waals surface area contributed by atoms with E-state index in [1.807, 2.05) is 19.1 Å². The van der Waals surface area contributed by atoms with Crippen LogP contribution in [-0.4, -0.2) is 38.9 Å². The molecule has 0 aromatic heterocycles. The Morgan fingerprint density at radius 3 is 2.57 bits per heavy atom. The predicted octanol–water partition coefficient (Wildman–Crippen LogP) is 3.62. The van der Waals surface area contributed by atoms with Gasteiger partial charge in [-0.1, -0.05) is 0 Å². The molecule has 1 saturated heterocycles. The summed E-state index contributed by atoms with van der Waals surface area (Å²) in [4.78, 5) is 14.2. The lowest BCUT2D eigenvalue weighted by atomic mass is 10.1. The van der Waals surface area contributed by atoms with E-state index in [9.17, 15) is 4.79 Å². The van der Waals surface area contributed by atoms with Crippen LogP contribution >= 0.6 is 0 Å². The smallest absolute Gasteiger partial charge is 0.319 e. The molecule has 1 aromatic rings. The molecular weight excluding hydrogens is 290 g/mol. The Bertz CT molecular complexity index is 456. The van der Waals surface area contributed by atoms with E-state index in [-0.39, 0.29) is 6.03 Å². The van der Waals surface area contributed by atoms with E-state index in [1.165, 1.54) is 24.9 Å². The molecule has 0 spiro atoms. The number of hydrogen-bond acceptors (Lipinski definition) is 3. The molecule has 0 saturated carbocycles. The topological polar surface area (TPSA) is 53.6 Å². The SMILES string of the molecule is CCOCCCCNC(=O)Nc1ccc(N2CCCCC2)cc1. The van der Waals surface area contributed by atoms with Gasteiger partial charge in [0, 0.05) is 44.2 Å². The summed E-state index contributed by atoms with van der Waals surface area (Å²) in [7, 11) is 0. The number of amides is 2. The van der Waals surface area contributed by atoms with Gasteiger partial charge >= 0.3 is 6.03 Å². The number of hydrogen-bond donors (Lipinski definition) is 2. The average molecular weight is 319 g/mol. The molecule has 1 aliphatic heterocycles. The first-order chi connectivity index (χ1) is 11.3. The maximum absolute atomic E-state index is 11.8. The van der Waals surface area contributed by atoms with Gasteiger partial charge < -0.3 is 20.3 Å². The van der Waals surface area contributed by atoms with Gasteiger partial charge in [-0.25, -0.2) is 4.79 Å². The predicted molar refractivity (Wildman–Crippen MR) is 95.3 cm³/mol. The molecule has 128 valence electrons. The van der Waals surface area contributed by atoms with Crippen molar-refractivity contribution in [2.75, 3.05) is 43.1 Å². The van der Waals surface area contributed by atoms with E-state index < -0.39 is 0 Å². The molecule has 23 heavy (non-hydrogen) atoms. The lowest BCUT2D eigenvalue weighted by Gasteiger charge is -2.28. The fourth-order valence-electron chi connectivity index (χ4n) is 2.76. The number of nitrogens with zero attached hydrogens (tertiary/aromatic N) is 1. The van der Waals surface area contributed by atoms with Crippen molar-refractivity contribution >= 4 is 17.4 Å². The lowest BCUT2D eigenvalue weighted by molar-refractivity contribution is 0.143. The summed E-state index contributed by atoms with van der Waals surface area (Å²) in [5.41, 5.74) is 2.07. The molecule has 0 unspecified atom stereocenters. The Morgan fingerprint density at radius 1 is 1.13 bits per heavy atom. The summed E-state index contributed by atoms with van der Waals surface area (Å²) in [5.74, 6) is 0. The van der Waals surface area contributed by atoms with Crippen LogP contribution in [0.1, 0.15) is 39.0 Å². The number of nitrogens with one attached hydrogen (secondary N) is 2. The molecule has 0 aliphatic carbocycles. The van der Waals surface area contributed by atoms with Gasteiger partial charge in [0.2, 0.25) is 0 Å². The number of benzene rings is 1. The number of carbonyl (C=O) groups excluding carboxylic acids is 1. The third-order valence-corrected chi connectivity index (χ3v) is 4.05. The molecule has 2 N–H and O–H groups in total. The van der Waals surface area contributed by atoms with Crippen molar-refractivity contribution in [3.63, 3.8) is 0 Å². The summed E-state index contributed by atoms with van der Waals surface area (Å²) in [6.07, 6.45) is 5.78. The van der Waals surface area contributed by atoms with E-state index >= 15 is 0 Å². The van der Waals surface area contributed by atoms with Crippen LogP contribution in [0.2, 0.25) is 0 Å². The number of unbranched alkanes of at least 4 members (excludes halogenated alkanes) is 1. The zero-order valence-corrected chi connectivity index (χ0v) is 14.1. The van der Waals surface area contributed by atoms with Gasteiger partial charge in [0.25, 0.3) is 0 Å². The van der Waals surface area contributed by atoms with E-state index in [1.54, 1.807) is 0 Å². The molecular formula is C18H29N3O2. The summed E-state index contributed by atoms with van der Waals surface area (Å²) < 4.78 is 5.27. The fourth-order valence-corrected chi connectivity index (χ4v) is 2.76. The van der Waals surface area contributed by atoms with E-state index in [0.717, 1.165) is 44.8 Å². The van der Waals surface area contributed by atoms with Gasteiger partial charge in [0.1, 0.15) is 0 Å². The Balaban J connectivity index is 1.67. The summed E-state index contributed by atoms with van der Waals surface area (Å²) in [5, 5.41) is 5.74. The number of urea groups is 1. The number of carbonyl (C=O) groups is 1. The second-order valence-electron chi connectivity index (χ2n) is 5.88. The maximum atomic E-state index is 11.8. The normalized spacial score (nSPS) is 14.6. The highest BCUT2D eigenvalue weighted by atomic mass is 16.5. The molecule has 0 atom stereocenters. The minimum atomic E-state index is -0.146. The first-order valence-corrected chi connectivity index (χ1v) is 8.77. The van der Waals surface area contributed by atoms with Crippen molar-refractivity contribution in [1.82, 2.24) is 5.32 Å². The number of ether oxygens (including phenoxy) is 1. The van der Waals surface area contributed by atoms with Crippen molar-refractivity contribution in [3.8, 4) is 0 Å². The Hall–Kier alpha value is -1.75. The monoisotopic (exact) mass is 319 g/mol. The second kappa shape index (κ2) is 10.1. The van der Waals surface area contributed by atoms with Crippen molar-refractivity contribution in [2.45, 2.75) is 39.0 Å². The van der Waals surface area contributed by atoms with Crippen LogP contribution in [-0.2, 0) is 4.74 Å². The van der Waals surface area contributed by atoms with Crippen LogP contribution in [0.25, 0.3) is 0 Å². The van der Waals surface area contributed by atoms with Crippen LogP contribution in [0.3, 0.4) is 0 Å². The molecule has 1 aromatic carbocycles. The fraction of sp³-hybridized carbons (Fsp3) is 0.611. The standard InChI is InChI=1S/C18H29N3O2/c1-2-23-15-7-4-12-19-18(22)20-16-8-10-17(11-9-16)21-13-5-3-6-14-21/h8-11H,2-7,12-15H2,1H3,(H2,19,20,22). The second-order valence-corrected chi connectivity index (χ2v) is 5.88. The van der Waals surface area contributed by atoms with Crippen molar-refractivity contribution in [3.05, 3.63) is 24.3 Å². The molecule has 5 heteroatoms. The first-order valence-electron chi connectivity index (χ1n) is 8.77. The number of anilines is 2. The molecule has 0 radical (unpaired) electrons. The third-order valence-electron chi connectivity index (χ3n) is 4.05. The number of rotatable bonds is 8. The van der Waals surface area contributed by atoms with E-state index in [0.29, 0.717) is 6.54 Å². The Morgan fingerprint density at radius 2 is 1.87 bits per heavy atom. The molecule has 2 rings (SSSR count). The highest BCUT2D eigenvalue weighted by Crippen LogP contribution is 2.21. The van der Waals surface area contributed by atoms with Crippen molar-refractivity contribution in [2.24, 2.45) is 0 Å². The minimum Gasteiger partial charge on any atom is -0.382 e. The Kier molecular flexibility index (Phi) is 7.73. The highest BCUT2D eigenvalue weighted by Gasteiger charge is 2.10. The Labute approximate surface area is 139 Å². The first kappa shape index (κ1) is 17.6. The van der Waals surface area contributed by atoms with Gasteiger partial charge in [-0.15, -0.1) is 0 Å². The van der Waals surface area contributed by atoms with Crippen LogP contribution < -0.4 is 15.5 Å². The lowest BCUT2D eigenvalue weighted by Crippen LogP contribution is -2.30. The summed E-state index contributed by atoms with van der Waals surface area (Å²) >= 11 is 0. The van der Waals surface area contributed by atoms with E-state index in [4.69, 9.17) is 4.74 Å². The highest BCUT2D eigenvalue weighted by molar-refractivity contribution is 5.89. The van der Waals surface area contributed by atoms with Crippen LogP contribution in [0.15, 0.2) is 24.3 Å². The molecule has 2 amide bonds. The van der Waals surface area contributed by atoms with Crippen molar-refractivity contribution in [1.29, 1.82) is 0 Å². The molecule has 1 heterocycles. The molecule has 0 bridgehead atoms. The van der Waals surface area contributed by atoms with Crippen LogP contribution in [0.5, 0.6) is 0 Å². The van der Waals surface area contributed by atoms with Gasteiger partial charge in [-0.2, -0.15) is 0 Å². The van der Waals surface area contributed by atoms with Gasteiger partial charge in [-0.3, -0.25) is 0 Å². The summed E-state index contributed by atoms with van der Waals surface area (Å²) in [6.45, 7) is 6.44. The largest absolute Gasteiger partial charge is 0.382 e. The molecule has 5 nitrogen and oxygen atoms in total. The zero-order chi connectivity index (χ0) is 16.3. The van der Waals surface area contributed by atoms with Gasteiger partial charge in [-0.05, 0) is 63.3 Å². The third kappa shape index (κ3) is 6.48. The zero-order valence-electron chi connectivity index (χ0n) is 14.1. The average Bonchev–Trinajstić information content (AvgIpc) is 2.59. The van der Waals surface area contributed by atoms with Gasteiger partial charge in [0.05, 0.1) is 0 Å². The van der Waals surface area contributed by atoms with Crippen molar-refractivity contribution < 1.29 is 9.53 Å². The molecule has 1 fully saturated rings. The van der Waals surface area contributed by atoms with Crippen LogP contribution in [0.4, 0.5) is 16.2 Å². The van der Waals surface area contributed by atoms with E-state index in [2.05, 4.69) is 27.7 Å². The maximum Gasteiger partial charge on any atom is 0.319 e.